The summed E-state index contributed by atoms with van der Waals surface area (Å²) in [5.41, 5.74) is 0.759. The molecule has 2 rings (SSSR count). The van der Waals surface area contributed by atoms with Crippen LogP contribution >= 0.6 is 0 Å². The first kappa shape index (κ1) is 14.5. The number of carbonyl (C=O) groups is 2. The van der Waals surface area contributed by atoms with Gasteiger partial charge in [-0.1, -0.05) is 6.07 Å². The molecule has 1 amide bonds. The molecule has 0 saturated carbocycles. The summed E-state index contributed by atoms with van der Waals surface area (Å²) in [5, 5.41) is 0. The number of hydrogen-bond acceptors (Lipinski definition) is 3. The van der Waals surface area contributed by atoms with Crippen molar-refractivity contribution < 1.29 is 18.7 Å². The standard InChI is InChI=1S/C15H18FNO3/c1-3-20-15(19)13-5-4-8-17(13)14(18)11-7-6-10(2)12(16)9-11/h6-7,9,13H,3-5,8H2,1-2H3. The van der Waals surface area contributed by atoms with Gasteiger partial charge in [-0.3, -0.25) is 4.79 Å². The topological polar surface area (TPSA) is 46.6 Å². The third-order valence-corrected chi connectivity index (χ3v) is 3.49. The van der Waals surface area contributed by atoms with E-state index in [4.69, 9.17) is 4.74 Å². The van der Waals surface area contributed by atoms with Crippen LogP contribution in [-0.2, 0) is 9.53 Å². The van der Waals surface area contributed by atoms with Crippen LogP contribution in [0.2, 0.25) is 0 Å². The average Bonchev–Trinajstić information content (AvgIpc) is 2.90. The highest BCUT2D eigenvalue weighted by molar-refractivity contribution is 5.97. The van der Waals surface area contributed by atoms with Gasteiger partial charge in [-0.05, 0) is 44.4 Å². The Morgan fingerprint density at radius 1 is 1.45 bits per heavy atom. The van der Waals surface area contributed by atoms with Gasteiger partial charge in [0, 0.05) is 12.1 Å². The molecule has 0 aromatic heterocycles. The molecule has 1 aromatic rings. The van der Waals surface area contributed by atoms with Gasteiger partial charge < -0.3 is 9.64 Å². The van der Waals surface area contributed by atoms with E-state index in [2.05, 4.69) is 0 Å². The molecule has 20 heavy (non-hydrogen) atoms. The maximum absolute atomic E-state index is 13.5. The van der Waals surface area contributed by atoms with Crippen LogP contribution in [0.4, 0.5) is 4.39 Å². The van der Waals surface area contributed by atoms with Gasteiger partial charge in [-0.25, -0.2) is 9.18 Å². The van der Waals surface area contributed by atoms with Crippen molar-refractivity contribution >= 4 is 11.9 Å². The maximum atomic E-state index is 13.5. The average molecular weight is 279 g/mol. The van der Waals surface area contributed by atoms with Crippen molar-refractivity contribution in [3.05, 3.63) is 35.1 Å². The van der Waals surface area contributed by atoms with Crippen molar-refractivity contribution in [2.45, 2.75) is 32.7 Å². The Morgan fingerprint density at radius 2 is 2.20 bits per heavy atom. The number of likely N-dealkylation sites (tertiary alicyclic amines) is 1. The molecule has 1 atom stereocenters. The van der Waals surface area contributed by atoms with Gasteiger partial charge in [0.2, 0.25) is 0 Å². The van der Waals surface area contributed by atoms with Crippen molar-refractivity contribution in [1.29, 1.82) is 0 Å². The third kappa shape index (κ3) is 2.81. The van der Waals surface area contributed by atoms with E-state index in [1.165, 1.54) is 11.0 Å². The predicted molar refractivity (Wildman–Crippen MR) is 71.8 cm³/mol. The molecule has 1 aliphatic heterocycles. The van der Waals surface area contributed by atoms with Gasteiger partial charge in [0.05, 0.1) is 6.61 Å². The van der Waals surface area contributed by atoms with Gasteiger partial charge >= 0.3 is 5.97 Å². The number of halogens is 1. The Hall–Kier alpha value is -1.91. The molecule has 1 saturated heterocycles. The molecule has 1 unspecified atom stereocenters. The Morgan fingerprint density at radius 3 is 2.85 bits per heavy atom. The van der Waals surface area contributed by atoms with Crippen LogP contribution in [0, 0.1) is 12.7 Å². The zero-order chi connectivity index (χ0) is 14.7. The van der Waals surface area contributed by atoms with Crippen LogP contribution in [-0.4, -0.2) is 36.0 Å². The van der Waals surface area contributed by atoms with Crippen LogP contribution in [0.15, 0.2) is 18.2 Å². The fourth-order valence-corrected chi connectivity index (χ4v) is 2.38. The van der Waals surface area contributed by atoms with Gasteiger partial charge in [0.15, 0.2) is 0 Å². The molecule has 0 bridgehead atoms. The zero-order valence-corrected chi connectivity index (χ0v) is 11.7. The highest BCUT2D eigenvalue weighted by Gasteiger charge is 2.35. The highest BCUT2D eigenvalue weighted by atomic mass is 19.1. The molecule has 0 aliphatic carbocycles. The summed E-state index contributed by atoms with van der Waals surface area (Å²) in [6.45, 7) is 4.16. The molecule has 1 aliphatic rings. The normalized spacial score (nSPS) is 18.1. The Bertz CT molecular complexity index is 530. The lowest BCUT2D eigenvalue weighted by Crippen LogP contribution is -2.41. The van der Waals surface area contributed by atoms with Crippen LogP contribution in [0.1, 0.15) is 35.7 Å². The molecule has 0 N–H and O–H groups in total. The van der Waals surface area contributed by atoms with Crippen molar-refractivity contribution in [2.75, 3.05) is 13.2 Å². The predicted octanol–water partition coefficient (Wildman–Crippen LogP) is 2.30. The highest BCUT2D eigenvalue weighted by Crippen LogP contribution is 2.22. The molecule has 0 spiro atoms. The second-order valence-corrected chi connectivity index (χ2v) is 4.87. The second-order valence-electron chi connectivity index (χ2n) is 4.87. The molecule has 108 valence electrons. The van der Waals surface area contributed by atoms with Gasteiger partial charge in [-0.2, -0.15) is 0 Å². The van der Waals surface area contributed by atoms with Gasteiger partial charge in [-0.15, -0.1) is 0 Å². The molecular weight excluding hydrogens is 261 g/mol. The van der Waals surface area contributed by atoms with Gasteiger partial charge in [0.1, 0.15) is 11.9 Å². The maximum Gasteiger partial charge on any atom is 0.328 e. The minimum atomic E-state index is -0.549. The fourth-order valence-electron chi connectivity index (χ4n) is 2.38. The summed E-state index contributed by atoms with van der Waals surface area (Å²) in [7, 11) is 0. The van der Waals surface area contributed by atoms with Crippen LogP contribution in [0.3, 0.4) is 0 Å². The molecule has 4 nitrogen and oxygen atoms in total. The largest absolute Gasteiger partial charge is 0.464 e. The van der Waals surface area contributed by atoms with E-state index >= 15 is 0 Å². The van der Waals surface area contributed by atoms with E-state index in [-0.39, 0.29) is 24.0 Å². The first-order valence-corrected chi connectivity index (χ1v) is 6.78. The zero-order valence-electron chi connectivity index (χ0n) is 11.7. The summed E-state index contributed by atoms with van der Waals surface area (Å²) in [6.07, 6.45) is 1.35. The van der Waals surface area contributed by atoms with E-state index in [0.29, 0.717) is 18.5 Å². The number of amides is 1. The number of esters is 1. The minimum Gasteiger partial charge on any atom is -0.464 e. The third-order valence-electron chi connectivity index (χ3n) is 3.49. The summed E-state index contributed by atoms with van der Waals surface area (Å²) in [4.78, 5) is 25.7. The van der Waals surface area contributed by atoms with Crippen molar-refractivity contribution in [3.63, 3.8) is 0 Å². The Labute approximate surface area is 117 Å². The van der Waals surface area contributed by atoms with Crippen LogP contribution < -0.4 is 0 Å². The molecule has 0 radical (unpaired) electrons. The molecular formula is C15H18FNO3. The fraction of sp³-hybridized carbons (Fsp3) is 0.467. The smallest absolute Gasteiger partial charge is 0.328 e. The lowest BCUT2D eigenvalue weighted by atomic mass is 10.1. The number of carbonyl (C=O) groups excluding carboxylic acids is 2. The lowest BCUT2D eigenvalue weighted by molar-refractivity contribution is -0.147. The SMILES string of the molecule is CCOC(=O)C1CCCN1C(=O)c1ccc(C)c(F)c1. The van der Waals surface area contributed by atoms with E-state index in [0.717, 1.165) is 6.42 Å². The number of nitrogens with zero attached hydrogens (tertiary/aromatic N) is 1. The monoisotopic (exact) mass is 279 g/mol. The molecule has 1 aromatic carbocycles. The van der Waals surface area contributed by atoms with Crippen LogP contribution in [0.25, 0.3) is 0 Å². The van der Waals surface area contributed by atoms with Gasteiger partial charge in [0.25, 0.3) is 5.91 Å². The Balaban J connectivity index is 2.18. The molecule has 5 heteroatoms. The van der Waals surface area contributed by atoms with Crippen molar-refractivity contribution in [2.24, 2.45) is 0 Å². The lowest BCUT2D eigenvalue weighted by Gasteiger charge is -2.23. The number of benzene rings is 1. The number of aryl methyl sites for hydroxylation is 1. The summed E-state index contributed by atoms with van der Waals surface area (Å²) in [6, 6.07) is 3.82. The first-order chi connectivity index (χ1) is 9.54. The van der Waals surface area contributed by atoms with Crippen molar-refractivity contribution in [1.82, 2.24) is 4.90 Å². The second kappa shape index (κ2) is 6.03. The summed E-state index contributed by atoms with van der Waals surface area (Å²) < 4.78 is 18.5. The van der Waals surface area contributed by atoms with Crippen molar-refractivity contribution in [3.8, 4) is 0 Å². The number of rotatable bonds is 3. The Kier molecular flexibility index (Phi) is 4.37. The summed E-state index contributed by atoms with van der Waals surface area (Å²) in [5.74, 6) is -1.12. The van der Waals surface area contributed by atoms with E-state index in [9.17, 15) is 14.0 Å². The quantitative estimate of drug-likeness (QED) is 0.798. The summed E-state index contributed by atoms with van der Waals surface area (Å²) >= 11 is 0. The minimum absolute atomic E-state index is 0.268. The van der Waals surface area contributed by atoms with Crippen LogP contribution in [0.5, 0.6) is 0 Å². The molecule has 1 fully saturated rings. The van der Waals surface area contributed by atoms with E-state index in [1.807, 2.05) is 0 Å². The number of ether oxygens (including phenoxy) is 1. The first-order valence-electron chi connectivity index (χ1n) is 6.78. The number of hydrogen-bond donors (Lipinski definition) is 0. The van der Waals surface area contributed by atoms with E-state index < -0.39 is 11.9 Å². The molecule has 1 heterocycles. The van der Waals surface area contributed by atoms with E-state index in [1.54, 1.807) is 26.0 Å².